The normalized spacial score (nSPS) is 34.5. The molecule has 2 aliphatic heterocycles. The highest BCUT2D eigenvalue weighted by Crippen LogP contribution is 2.21. The number of nitrogens with one attached hydrogen (secondary N) is 2. The first-order chi connectivity index (χ1) is 10.6. The summed E-state index contributed by atoms with van der Waals surface area (Å²) in [5, 5.41) is 46.0. The van der Waals surface area contributed by atoms with Gasteiger partial charge in [0.05, 0.1) is 6.54 Å². The van der Waals surface area contributed by atoms with Crippen molar-refractivity contribution in [1.82, 2.24) is 10.6 Å². The average molecular weight is 316 g/mol. The van der Waals surface area contributed by atoms with E-state index in [0.717, 1.165) is 19.4 Å². The Morgan fingerprint density at radius 2 is 1.68 bits per heavy atom. The molecule has 6 N–H and O–H groups in total. The van der Waals surface area contributed by atoms with Crippen molar-refractivity contribution in [3.8, 4) is 0 Å². The lowest BCUT2D eigenvalue weighted by atomic mass is 9.94. The zero-order valence-electron chi connectivity index (χ0n) is 13.3. The van der Waals surface area contributed by atoms with Crippen LogP contribution in [-0.4, -0.2) is 74.6 Å². The lowest BCUT2D eigenvalue weighted by molar-refractivity contribution is -0.666. The van der Waals surface area contributed by atoms with Crippen LogP contribution >= 0.6 is 0 Å². The van der Waals surface area contributed by atoms with E-state index in [1.54, 1.807) is 4.58 Å². The molecule has 0 spiro atoms. The minimum Gasteiger partial charge on any atom is -0.387 e. The number of fused-ring (bicyclic) bond motifs is 1. The number of unbranched alkanes of at least 4 members (excludes halogenated alkanes) is 5. The van der Waals surface area contributed by atoms with Gasteiger partial charge in [0.15, 0.2) is 0 Å². The third kappa shape index (κ3) is 3.71. The van der Waals surface area contributed by atoms with E-state index in [2.05, 4.69) is 17.6 Å². The molecule has 7 nitrogen and oxygen atoms in total. The van der Waals surface area contributed by atoms with Gasteiger partial charge in [-0.25, -0.2) is 4.58 Å². The van der Waals surface area contributed by atoms with Crippen LogP contribution in [0.4, 0.5) is 0 Å². The summed E-state index contributed by atoms with van der Waals surface area (Å²) in [6.07, 6.45) is 2.23. The van der Waals surface area contributed by atoms with Gasteiger partial charge in [-0.2, -0.15) is 0 Å². The van der Waals surface area contributed by atoms with E-state index >= 15 is 0 Å². The van der Waals surface area contributed by atoms with Crippen LogP contribution in [0.3, 0.4) is 0 Å². The van der Waals surface area contributed by atoms with E-state index in [0.29, 0.717) is 12.5 Å². The van der Waals surface area contributed by atoms with Crippen molar-refractivity contribution in [3.63, 3.8) is 0 Å². The monoisotopic (exact) mass is 316 g/mol. The highest BCUT2D eigenvalue weighted by atomic mass is 16.4. The molecule has 0 saturated carbocycles. The largest absolute Gasteiger partial charge is 0.387 e. The second-order valence-corrected chi connectivity index (χ2v) is 6.28. The fraction of sp³-hybridized carbons (Fsp3) is 0.933. The Morgan fingerprint density at radius 3 is 2.41 bits per heavy atom. The van der Waals surface area contributed by atoms with E-state index in [1.165, 1.54) is 25.7 Å². The minimum absolute atomic E-state index is 0.430. The first-order valence-corrected chi connectivity index (χ1v) is 8.43. The molecule has 2 aliphatic rings. The Balaban J connectivity index is 1.83. The van der Waals surface area contributed by atoms with Crippen molar-refractivity contribution < 1.29 is 25.0 Å². The summed E-state index contributed by atoms with van der Waals surface area (Å²) in [6, 6.07) is -0.430. The van der Waals surface area contributed by atoms with Gasteiger partial charge in [0, 0.05) is 0 Å². The second-order valence-electron chi connectivity index (χ2n) is 6.28. The molecular weight excluding hydrogens is 286 g/mol. The molecule has 0 amide bonds. The van der Waals surface area contributed by atoms with E-state index in [4.69, 9.17) is 0 Å². The van der Waals surface area contributed by atoms with Crippen molar-refractivity contribution >= 4 is 5.96 Å². The molecule has 0 aromatic rings. The van der Waals surface area contributed by atoms with Crippen LogP contribution in [0, 0.1) is 0 Å². The number of nitrogens with zero attached hydrogens (tertiary/aromatic N) is 1. The van der Waals surface area contributed by atoms with Crippen molar-refractivity contribution in [2.45, 2.75) is 76.0 Å². The lowest BCUT2D eigenvalue weighted by Crippen LogP contribution is -2.63. The molecule has 1 fully saturated rings. The van der Waals surface area contributed by atoms with Crippen LogP contribution in [0.25, 0.3) is 0 Å². The molecule has 0 aliphatic carbocycles. The van der Waals surface area contributed by atoms with Crippen LogP contribution < -0.4 is 10.6 Å². The van der Waals surface area contributed by atoms with Gasteiger partial charge in [0.2, 0.25) is 6.23 Å². The zero-order valence-corrected chi connectivity index (χ0v) is 13.3. The fourth-order valence-corrected chi connectivity index (χ4v) is 3.21. The fourth-order valence-electron chi connectivity index (χ4n) is 3.21. The minimum atomic E-state index is -1.38. The van der Waals surface area contributed by atoms with Gasteiger partial charge in [-0.05, 0) is 6.42 Å². The molecule has 2 rings (SSSR count). The zero-order chi connectivity index (χ0) is 16.1. The van der Waals surface area contributed by atoms with Gasteiger partial charge in [-0.1, -0.05) is 39.0 Å². The maximum atomic E-state index is 10.1. The Hall–Kier alpha value is -0.890. The molecule has 0 aromatic heterocycles. The molecule has 0 aromatic carbocycles. The topological polar surface area (TPSA) is 108 Å². The number of hydrogen-bond donors (Lipinski definition) is 6. The summed E-state index contributed by atoms with van der Waals surface area (Å²) >= 11 is 0. The van der Waals surface area contributed by atoms with Crippen molar-refractivity contribution in [1.29, 1.82) is 0 Å². The number of hydrogen-bond acceptors (Lipinski definition) is 6. The molecule has 0 bridgehead atoms. The third-order valence-corrected chi connectivity index (χ3v) is 4.60. The quantitative estimate of drug-likeness (QED) is 0.257. The Labute approximate surface area is 131 Å². The van der Waals surface area contributed by atoms with Gasteiger partial charge < -0.3 is 20.4 Å². The molecular formula is C15H30N3O4+. The van der Waals surface area contributed by atoms with E-state index < -0.39 is 30.6 Å². The van der Waals surface area contributed by atoms with Crippen LogP contribution in [0.1, 0.15) is 45.4 Å². The number of piperidine rings is 1. The number of guanidine groups is 1. The van der Waals surface area contributed by atoms with Gasteiger partial charge in [-0.15, -0.1) is 0 Å². The Kier molecular flexibility index (Phi) is 6.43. The average Bonchev–Trinajstić information content (AvgIpc) is 2.94. The summed E-state index contributed by atoms with van der Waals surface area (Å²) in [5.41, 5.74) is 0. The molecule has 128 valence electrons. The van der Waals surface area contributed by atoms with Gasteiger partial charge >= 0.3 is 5.96 Å². The number of aliphatic hydroxyl groups is 4. The first-order valence-electron chi connectivity index (χ1n) is 8.43. The van der Waals surface area contributed by atoms with E-state index in [9.17, 15) is 20.4 Å². The molecule has 7 heteroatoms. The Bertz CT molecular complexity index is 391. The summed E-state index contributed by atoms with van der Waals surface area (Å²) in [5.74, 6) is 0.621. The van der Waals surface area contributed by atoms with Crippen LogP contribution in [0.2, 0.25) is 0 Å². The van der Waals surface area contributed by atoms with Gasteiger partial charge in [0.25, 0.3) is 0 Å². The highest BCUT2D eigenvalue weighted by Gasteiger charge is 2.51. The molecule has 22 heavy (non-hydrogen) atoms. The maximum Gasteiger partial charge on any atom is 0.348 e. The predicted molar refractivity (Wildman–Crippen MR) is 82.5 cm³/mol. The molecule has 0 radical (unpaired) electrons. The molecule has 1 saturated heterocycles. The third-order valence-electron chi connectivity index (χ3n) is 4.60. The molecule has 0 unspecified atom stereocenters. The molecule has 5 atom stereocenters. The van der Waals surface area contributed by atoms with E-state index in [-0.39, 0.29) is 0 Å². The molecule has 2 heterocycles. The van der Waals surface area contributed by atoms with Gasteiger partial charge in [-0.3, -0.25) is 10.6 Å². The number of rotatable bonds is 7. The predicted octanol–water partition coefficient (Wildman–Crippen LogP) is -1.31. The van der Waals surface area contributed by atoms with Crippen molar-refractivity contribution in [3.05, 3.63) is 0 Å². The van der Waals surface area contributed by atoms with E-state index in [1.807, 2.05) is 0 Å². The first kappa shape index (κ1) is 17.5. The smallest absolute Gasteiger partial charge is 0.348 e. The summed E-state index contributed by atoms with van der Waals surface area (Å²) in [6.45, 7) is 3.41. The van der Waals surface area contributed by atoms with Crippen LogP contribution in [-0.2, 0) is 0 Å². The summed E-state index contributed by atoms with van der Waals surface area (Å²) in [7, 11) is 0. The number of aliphatic hydroxyl groups excluding tert-OH is 4. The maximum absolute atomic E-state index is 10.1. The van der Waals surface area contributed by atoms with Crippen molar-refractivity contribution in [2.24, 2.45) is 0 Å². The van der Waals surface area contributed by atoms with Crippen LogP contribution in [0.5, 0.6) is 0 Å². The lowest BCUT2D eigenvalue weighted by Gasteiger charge is -2.36. The van der Waals surface area contributed by atoms with Crippen molar-refractivity contribution in [2.75, 3.05) is 13.1 Å². The summed E-state index contributed by atoms with van der Waals surface area (Å²) < 4.78 is 1.54. The van der Waals surface area contributed by atoms with Crippen LogP contribution in [0.15, 0.2) is 0 Å². The second kappa shape index (κ2) is 8.10. The van der Waals surface area contributed by atoms with Gasteiger partial charge in [0.1, 0.15) is 30.9 Å². The standard InChI is InChI=1S/C15H29N3O4/c1-2-3-4-5-6-7-8-16-15-17-9-10-11(19)12(20)13(21)14(22)18(10)15/h10-14,19-22H,2-9H2,1H3,(H,16,17)/p+1/t10-,11-,12+,13-,14-/m1/s1. The SMILES string of the molecule is CCCCCCCCNC1=[N+]2[C@H](O)[C@H](O)[C@@H](O)[C@H](O)[C@H]2CN1. The summed E-state index contributed by atoms with van der Waals surface area (Å²) in [4.78, 5) is 0. The Morgan fingerprint density at radius 1 is 1.00 bits per heavy atom. The highest BCUT2D eigenvalue weighted by molar-refractivity contribution is 5.76.